The first-order chi connectivity index (χ1) is 8.71. The normalized spacial score (nSPS) is 13.7. The van der Waals surface area contributed by atoms with Crippen molar-refractivity contribution in [2.45, 2.75) is 12.2 Å². The summed E-state index contributed by atoms with van der Waals surface area (Å²) in [6.07, 6.45) is -3.00. The van der Waals surface area contributed by atoms with Crippen LogP contribution in [0.3, 0.4) is 0 Å². The lowest BCUT2D eigenvalue weighted by molar-refractivity contribution is -0.139. The number of carbonyl (C=O) groups is 1. The maximum absolute atomic E-state index is 12.6. The van der Waals surface area contributed by atoms with E-state index in [0.29, 0.717) is 16.5 Å². The fourth-order valence-electron chi connectivity index (χ4n) is 1.97. The standard InChI is InChI=1S/C12H11F3N2O2/c1-17-5-8(10(16)11(18)19)7-3-2-6(4-9(7)17)12(13,14)15/h2-5,10H,16H2,1H3,(H,18,19). The van der Waals surface area contributed by atoms with Crippen molar-refractivity contribution in [2.24, 2.45) is 12.8 Å². The van der Waals surface area contributed by atoms with Gasteiger partial charge in [-0.15, -0.1) is 0 Å². The fraction of sp³-hybridized carbons (Fsp3) is 0.250. The molecule has 7 heteroatoms. The van der Waals surface area contributed by atoms with Gasteiger partial charge < -0.3 is 15.4 Å². The van der Waals surface area contributed by atoms with Crippen LogP contribution >= 0.6 is 0 Å². The minimum atomic E-state index is -4.44. The molecule has 0 saturated carbocycles. The molecule has 1 atom stereocenters. The van der Waals surface area contributed by atoms with E-state index in [9.17, 15) is 18.0 Å². The summed E-state index contributed by atoms with van der Waals surface area (Å²) >= 11 is 0. The number of carboxylic acids is 1. The number of alkyl halides is 3. The molecule has 0 spiro atoms. The summed E-state index contributed by atoms with van der Waals surface area (Å²) in [6.45, 7) is 0. The van der Waals surface area contributed by atoms with Crippen LogP contribution in [-0.2, 0) is 18.0 Å². The fourth-order valence-corrected chi connectivity index (χ4v) is 1.97. The highest BCUT2D eigenvalue weighted by Gasteiger charge is 2.31. The van der Waals surface area contributed by atoms with E-state index in [1.807, 2.05) is 0 Å². The Balaban J connectivity index is 2.64. The minimum Gasteiger partial charge on any atom is -0.480 e. The van der Waals surface area contributed by atoms with E-state index < -0.39 is 23.8 Å². The molecule has 1 heterocycles. The molecule has 4 nitrogen and oxygen atoms in total. The van der Waals surface area contributed by atoms with E-state index in [0.717, 1.165) is 12.1 Å². The first-order valence-electron chi connectivity index (χ1n) is 5.36. The first-order valence-corrected chi connectivity index (χ1v) is 5.36. The van der Waals surface area contributed by atoms with Crippen LogP contribution in [-0.4, -0.2) is 15.6 Å². The molecule has 1 aromatic carbocycles. The minimum absolute atomic E-state index is 0.290. The molecule has 0 radical (unpaired) electrons. The molecule has 0 amide bonds. The summed E-state index contributed by atoms with van der Waals surface area (Å²) in [5.41, 5.74) is 5.31. The Morgan fingerprint density at radius 3 is 2.58 bits per heavy atom. The van der Waals surface area contributed by atoms with Gasteiger partial charge in [-0.2, -0.15) is 13.2 Å². The summed E-state index contributed by atoms with van der Waals surface area (Å²) in [5.74, 6) is -1.23. The second-order valence-electron chi connectivity index (χ2n) is 4.24. The topological polar surface area (TPSA) is 68.2 Å². The Morgan fingerprint density at radius 1 is 1.42 bits per heavy atom. The SMILES string of the molecule is Cn1cc(C(N)C(=O)O)c2ccc(C(F)(F)F)cc21. The third-order valence-electron chi connectivity index (χ3n) is 2.95. The van der Waals surface area contributed by atoms with Gasteiger partial charge in [0.05, 0.1) is 5.56 Å². The maximum atomic E-state index is 12.6. The molecule has 0 aliphatic heterocycles. The van der Waals surface area contributed by atoms with Crippen LogP contribution in [0.4, 0.5) is 13.2 Å². The van der Waals surface area contributed by atoms with Crippen molar-refractivity contribution in [3.63, 3.8) is 0 Å². The van der Waals surface area contributed by atoms with Crippen molar-refractivity contribution >= 4 is 16.9 Å². The predicted octanol–water partition coefficient (Wildman–Crippen LogP) is 2.28. The average Bonchev–Trinajstić information content (AvgIpc) is 2.64. The molecule has 0 saturated heterocycles. The van der Waals surface area contributed by atoms with Crippen LogP contribution in [0, 0.1) is 0 Å². The molecule has 1 aromatic heterocycles. The van der Waals surface area contributed by atoms with Crippen molar-refractivity contribution in [1.82, 2.24) is 4.57 Å². The zero-order valence-electron chi connectivity index (χ0n) is 9.90. The Kier molecular flexibility index (Phi) is 3.01. The van der Waals surface area contributed by atoms with Gasteiger partial charge in [0.25, 0.3) is 0 Å². The van der Waals surface area contributed by atoms with Crippen LogP contribution in [0.2, 0.25) is 0 Å². The lowest BCUT2D eigenvalue weighted by Crippen LogP contribution is -2.20. The monoisotopic (exact) mass is 272 g/mol. The van der Waals surface area contributed by atoms with Gasteiger partial charge in [-0.25, -0.2) is 0 Å². The smallest absolute Gasteiger partial charge is 0.416 e. The third kappa shape index (κ3) is 2.28. The molecule has 0 fully saturated rings. The number of aryl methyl sites for hydroxylation is 1. The lowest BCUT2D eigenvalue weighted by atomic mass is 10.1. The molecular weight excluding hydrogens is 261 g/mol. The summed E-state index contributed by atoms with van der Waals surface area (Å²) in [4.78, 5) is 10.9. The number of nitrogens with two attached hydrogens (primary N) is 1. The van der Waals surface area contributed by atoms with Crippen molar-refractivity contribution in [2.75, 3.05) is 0 Å². The third-order valence-corrected chi connectivity index (χ3v) is 2.95. The Labute approximate surface area is 106 Å². The number of rotatable bonds is 2. The van der Waals surface area contributed by atoms with Gasteiger partial charge in [0.2, 0.25) is 0 Å². The number of aromatic nitrogens is 1. The molecule has 0 aliphatic carbocycles. The van der Waals surface area contributed by atoms with Gasteiger partial charge >= 0.3 is 12.1 Å². The lowest BCUT2D eigenvalue weighted by Gasteiger charge is -2.08. The van der Waals surface area contributed by atoms with Gasteiger partial charge in [-0.1, -0.05) is 6.07 Å². The van der Waals surface area contributed by atoms with Crippen molar-refractivity contribution in [3.05, 3.63) is 35.5 Å². The zero-order chi connectivity index (χ0) is 14.4. The molecule has 0 bridgehead atoms. The number of hydrogen-bond acceptors (Lipinski definition) is 2. The van der Waals surface area contributed by atoms with Gasteiger partial charge in [0.15, 0.2) is 0 Å². The summed E-state index contributed by atoms with van der Waals surface area (Å²) in [5, 5.41) is 9.28. The van der Waals surface area contributed by atoms with Crippen molar-refractivity contribution in [1.29, 1.82) is 0 Å². The van der Waals surface area contributed by atoms with Crippen LogP contribution in [0.25, 0.3) is 10.9 Å². The average molecular weight is 272 g/mol. The first kappa shape index (κ1) is 13.4. The van der Waals surface area contributed by atoms with E-state index >= 15 is 0 Å². The molecule has 2 rings (SSSR count). The number of halogens is 3. The second kappa shape index (κ2) is 4.27. The van der Waals surface area contributed by atoms with Crippen molar-refractivity contribution in [3.8, 4) is 0 Å². The Hall–Kier alpha value is -2.02. The Morgan fingerprint density at radius 2 is 2.05 bits per heavy atom. The van der Waals surface area contributed by atoms with Gasteiger partial charge in [0.1, 0.15) is 6.04 Å². The van der Waals surface area contributed by atoms with Gasteiger partial charge in [-0.3, -0.25) is 4.79 Å². The van der Waals surface area contributed by atoms with Crippen LogP contribution < -0.4 is 5.73 Å². The number of fused-ring (bicyclic) bond motifs is 1. The molecule has 102 valence electrons. The number of benzene rings is 1. The highest BCUT2D eigenvalue weighted by Crippen LogP contribution is 2.33. The van der Waals surface area contributed by atoms with Crippen molar-refractivity contribution < 1.29 is 23.1 Å². The predicted molar refractivity (Wildman–Crippen MR) is 62.5 cm³/mol. The van der Waals surface area contributed by atoms with Crippen LogP contribution in [0.15, 0.2) is 24.4 Å². The van der Waals surface area contributed by atoms with Gasteiger partial charge in [0, 0.05) is 29.7 Å². The largest absolute Gasteiger partial charge is 0.480 e. The van der Waals surface area contributed by atoms with E-state index in [2.05, 4.69) is 0 Å². The summed E-state index contributed by atoms with van der Waals surface area (Å²) < 4.78 is 39.3. The van der Waals surface area contributed by atoms with Crippen LogP contribution in [0.5, 0.6) is 0 Å². The quantitative estimate of drug-likeness (QED) is 0.881. The number of carboxylic acid groups (broad SMARTS) is 1. The molecular formula is C12H11F3N2O2. The maximum Gasteiger partial charge on any atom is 0.416 e. The number of aliphatic carboxylic acids is 1. The van der Waals surface area contributed by atoms with E-state index in [1.165, 1.54) is 16.8 Å². The second-order valence-corrected chi connectivity index (χ2v) is 4.24. The van der Waals surface area contributed by atoms with E-state index in [1.54, 1.807) is 7.05 Å². The van der Waals surface area contributed by atoms with E-state index in [-0.39, 0.29) is 0 Å². The highest BCUT2D eigenvalue weighted by atomic mass is 19.4. The number of nitrogens with zero attached hydrogens (tertiary/aromatic N) is 1. The molecule has 3 N–H and O–H groups in total. The molecule has 0 aliphatic rings. The summed E-state index contributed by atoms with van der Waals surface area (Å²) in [6, 6.07) is 1.88. The zero-order valence-corrected chi connectivity index (χ0v) is 9.90. The Bertz CT molecular complexity index is 646. The highest BCUT2D eigenvalue weighted by molar-refractivity contribution is 5.90. The molecule has 2 aromatic rings. The number of hydrogen-bond donors (Lipinski definition) is 2. The van der Waals surface area contributed by atoms with Gasteiger partial charge in [-0.05, 0) is 12.1 Å². The molecule has 19 heavy (non-hydrogen) atoms. The summed E-state index contributed by atoms with van der Waals surface area (Å²) in [7, 11) is 1.54. The van der Waals surface area contributed by atoms with Crippen LogP contribution in [0.1, 0.15) is 17.2 Å². The molecule has 1 unspecified atom stereocenters. The van der Waals surface area contributed by atoms with E-state index in [4.69, 9.17) is 10.8 Å².